The van der Waals surface area contributed by atoms with Crippen molar-refractivity contribution in [2.24, 2.45) is 0 Å². The largest absolute Gasteiger partial charge is 0.492 e. The van der Waals surface area contributed by atoms with E-state index >= 15 is 0 Å². The minimum Gasteiger partial charge on any atom is -0.492 e. The van der Waals surface area contributed by atoms with E-state index in [0.29, 0.717) is 25.3 Å². The topological polar surface area (TPSA) is 41.6 Å². The number of amides is 1. The first-order valence-electron chi connectivity index (χ1n) is 7.08. The molecule has 0 spiro atoms. The zero-order valence-electron chi connectivity index (χ0n) is 12.2. The molecule has 4 nitrogen and oxygen atoms in total. The van der Waals surface area contributed by atoms with Crippen molar-refractivity contribution in [2.75, 3.05) is 38.2 Å². The number of nitrogens with one attached hydrogen (secondary N) is 1. The predicted octanol–water partition coefficient (Wildman–Crippen LogP) is 1.76. The summed E-state index contributed by atoms with van der Waals surface area (Å²) in [6.45, 7) is 1.82. The van der Waals surface area contributed by atoms with Crippen LogP contribution in [0.4, 0.5) is 4.39 Å². The molecule has 2 rings (SSSR count). The summed E-state index contributed by atoms with van der Waals surface area (Å²) in [5.74, 6) is 2.37. The van der Waals surface area contributed by atoms with E-state index < -0.39 is 0 Å². The number of carbonyl (C=O) groups is 1. The van der Waals surface area contributed by atoms with Crippen LogP contribution in [0.5, 0.6) is 5.75 Å². The number of benzene rings is 1. The Morgan fingerprint density at radius 2 is 2.43 bits per heavy atom. The Morgan fingerprint density at radius 3 is 3.14 bits per heavy atom. The van der Waals surface area contributed by atoms with Gasteiger partial charge in [-0.15, -0.1) is 0 Å². The van der Waals surface area contributed by atoms with Crippen molar-refractivity contribution in [2.45, 2.75) is 12.5 Å². The van der Waals surface area contributed by atoms with Crippen LogP contribution in [0.3, 0.4) is 0 Å². The highest BCUT2D eigenvalue weighted by Gasteiger charge is 2.18. The molecule has 0 radical (unpaired) electrons. The van der Waals surface area contributed by atoms with Crippen LogP contribution in [-0.2, 0) is 4.79 Å². The standard InChI is InChI=1S/C15H21FN2O2S/c1-18(15(19)10-13-11-21-8-5-17-13)6-7-20-14-4-2-3-12(16)9-14/h2-4,9,13,17H,5-8,10-11H2,1H3. The molecule has 0 saturated carbocycles. The van der Waals surface area contributed by atoms with Crippen LogP contribution < -0.4 is 10.1 Å². The smallest absolute Gasteiger partial charge is 0.224 e. The van der Waals surface area contributed by atoms with Gasteiger partial charge in [0.05, 0.1) is 6.54 Å². The zero-order chi connectivity index (χ0) is 15.1. The van der Waals surface area contributed by atoms with Crippen LogP contribution in [0.1, 0.15) is 6.42 Å². The van der Waals surface area contributed by atoms with Crippen molar-refractivity contribution in [3.63, 3.8) is 0 Å². The summed E-state index contributed by atoms with van der Waals surface area (Å²) < 4.78 is 18.4. The van der Waals surface area contributed by atoms with Gasteiger partial charge in [-0.1, -0.05) is 6.07 Å². The van der Waals surface area contributed by atoms with Gasteiger partial charge in [0, 0.05) is 43.6 Å². The number of thioether (sulfide) groups is 1. The normalized spacial score (nSPS) is 18.3. The van der Waals surface area contributed by atoms with E-state index in [4.69, 9.17) is 4.74 Å². The maximum atomic E-state index is 13.0. The van der Waals surface area contributed by atoms with Crippen molar-refractivity contribution < 1.29 is 13.9 Å². The summed E-state index contributed by atoms with van der Waals surface area (Å²) in [4.78, 5) is 13.7. The number of rotatable bonds is 6. The van der Waals surface area contributed by atoms with Crippen molar-refractivity contribution in [1.82, 2.24) is 10.2 Å². The molecule has 1 aromatic rings. The Hall–Kier alpha value is -1.27. The van der Waals surface area contributed by atoms with Gasteiger partial charge in [-0.3, -0.25) is 4.79 Å². The maximum Gasteiger partial charge on any atom is 0.224 e. The summed E-state index contributed by atoms with van der Waals surface area (Å²) in [5.41, 5.74) is 0. The van der Waals surface area contributed by atoms with Crippen LogP contribution in [-0.4, -0.2) is 55.1 Å². The number of hydrogen-bond donors (Lipinski definition) is 1. The first-order valence-corrected chi connectivity index (χ1v) is 8.24. The fourth-order valence-corrected chi connectivity index (χ4v) is 3.05. The van der Waals surface area contributed by atoms with Crippen molar-refractivity contribution in [3.05, 3.63) is 30.1 Å². The molecule has 6 heteroatoms. The van der Waals surface area contributed by atoms with Gasteiger partial charge in [-0.05, 0) is 12.1 Å². The highest BCUT2D eigenvalue weighted by Crippen LogP contribution is 2.13. The molecule has 1 fully saturated rings. The molecule has 0 aliphatic carbocycles. The van der Waals surface area contributed by atoms with Gasteiger partial charge in [0.2, 0.25) is 5.91 Å². The molecule has 0 aromatic heterocycles. The van der Waals surface area contributed by atoms with E-state index in [1.54, 1.807) is 24.1 Å². The fourth-order valence-electron chi connectivity index (χ4n) is 2.10. The molecule has 1 amide bonds. The van der Waals surface area contributed by atoms with Crippen molar-refractivity contribution in [1.29, 1.82) is 0 Å². The second kappa shape index (κ2) is 8.24. The average Bonchev–Trinajstić information content (AvgIpc) is 2.48. The minimum atomic E-state index is -0.321. The lowest BCUT2D eigenvalue weighted by atomic mass is 10.2. The Kier molecular flexibility index (Phi) is 6.32. The summed E-state index contributed by atoms with van der Waals surface area (Å²) in [6.07, 6.45) is 0.517. The molecule has 116 valence electrons. The Morgan fingerprint density at radius 1 is 1.57 bits per heavy atom. The molecule has 1 aliphatic heterocycles. The van der Waals surface area contributed by atoms with E-state index in [1.165, 1.54) is 12.1 Å². The Balaban J connectivity index is 1.68. The number of hydrogen-bond acceptors (Lipinski definition) is 4. The van der Waals surface area contributed by atoms with Crippen LogP contribution in [0.25, 0.3) is 0 Å². The molecule has 21 heavy (non-hydrogen) atoms. The highest BCUT2D eigenvalue weighted by atomic mass is 32.2. The molecule has 1 N–H and O–H groups in total. The molecule has 1 aromatic carbocycles. The van der Waals surface area contributed by atoms with Gasteiger partial charge in [0.25, 0.3) is 0 Å². The van der Waals surface area contributed by atoms with E-state index in [2.05, 4.69) is 5.32 Å². The summed E-state index contributed by atoms with van der Waals surface area (Å²) >= 11 is 1.88. The van der Waals surface area contributed by atoms with Gasteiger partial charge in [-0.2, -0.15) is 11.8 Å². The first kappa shape index (κ1) is 16.1. The van der Waals surface area contributed by atoms with E-state index in [0.717, 1.165) is 18.1 Å². The second-order valence-corrected chi connectivity index (χ2v) is 6.20. The SMILES string of the molecule is CN(CCOc1cccc(F)c1)C(=O)CC1CSCCN1. The summed E-state index contributed by atoms with van der Waals surface area (Å²) in [7, 11) is 1.77. The van der Waals surface area contributed by atoms with Gasteiger partial charge >= 0.3 is 0 Å². The average molecular weight is 312 g/mol. The molecule has 0 bridgehead atoms. The lowest BCUT2D eigenvalue weighted by molar-refractivity contribution is -0.130. The van der Waals surface area contributed by atoms with E-state index in [9.17, 15) is 9.18 Å². The first-order chi connectivity index (χ1) is 10.1. The fraction of sp³-hybridized carbons (Fsp3) is 0.533. The van der Waals surface area contributed by atoms with Gasteiger partial charge in [0.1, 0.15) is 18.2 Å². The third-order valence-electron chi connectivity index (χ3n) is 3.34. The van der Waals surface area contributed by atoms with Crippen molar-refractivity contribution >= 4 is 17.7 Å². The van der Waals surface area contributed by atoms with Crippen LogP contribution in [0.15, 0.2) is 24.3 Å². The molecular formula is C15H21FN2O2S. The van der Waals surface area contributed by atoms with Gasteiger partial charge in [0.15, 0.2) is 0 Å². The molecular weight excluding hydrogens is 291 g/mol. The number of nitrogens with zero attached hydrogens (tertiary/aromatic N) is 1. The van der Waals surface area contributed by atoms with Crippen LogP contribution >= 0.6 is 11.8 Å². The maximum absolute atomic E-state index is 13.0. The molecule has 1 heterocycles. The van der Waals surface area contributed by atoms with E-state index in [-0.39, 0.29) is 17.8 Å². The molecule has 1 unspecified atom stereocenters. The lowest BCUT2D eigenvalue weighted by Gasteiger charge is -2.25. The zero-order valence-corrected chi connectivity index (χ0v) is 13.0. The minimum absolute atomic E-state index is 0.109. The monoisotopic (exact) mass is 312 g/mol. The Labute approximate surface area is 129 Å². The Bertz CT molecular complexity index is 467. The second-order valence-electron chi connectivity index (χ2n) is 5.05. The molecule has 1 aliphatic rings. The number of halogens is 1. The summed E-state index contributed by atoms with van der Waals surface area (Å²) in [6, 6.07) is 6.28. The third-order valence-corrected chi connectivity index (χ3v) is 4.47. The van der Waals surface area contributed by atoms with Gasteiger partial charge < -0.3 is 15.0 Å². The predicted molar refractivity (Wildman–Crippen MR) is 83.3 cm³/mol. The molecule has 1 atom stereocenters. The summed E-state index contributed by atoms with van der Waals surface area (Å²) in [5, 5.41) is 3.35. The van der Waals surface area contributed by atoms with Crippen LogP contribution in [0.2, 0.25) is 0 Å². The van der Waals surface area contributed by atoms with Crippen LogP contribution in [0, 0.1) is 5.82 Å². The third kappa shape index (κ3) is 5.55. The molecule has 1 saturated heterocycles. The lowest BCUT2D eigenvalue weighted by Crippen LogP contribution is -2.42. The number of likely N-dealkylation sites (N-methyl/N-ethyl adjacent to an activating group) is 1. The number of ether oxygens (including phenoxy) is 1. The quantitative estimate of drug-likeness (QED) is 0.869. The number of carbonyl (C=O) groups excluding carboxylic acids is 1. The van der Waals surface area contributed by atoms with Gasteiger partial charge in [-0.25, -0.2) is 4.39 Å². The highest BCUT2D eigenvalue weighted by molar-refractivity contribution is 7.99. The van der Waals surface area contributed by atoms with E-state index in [1.807, 2.05) is 11.8 Å². The van der Waals surface area contributed by atoms with Crippen molar-refractivity contribution in [3.8, 4) is 5.75 Å².